The van der Waals surface area contributed by atoms with Crippen molar-refractivity contribution in [1.82, 2.24) is 5.32 Å². The first-order chi connectivity index (χ1) is 9.57. The number of ether oxygens (including phenoxy) is 1. The average molecular weight is 281 g/mol. The molecule has 1 N–H and O–H groups in total. The quantitative estimate of drug-likeness (QED) is 0.748. The molecule has 2 fully saturated rings. The molecule has 0 spiro atoms. The van der Waals surface area contributed by atoms with E-state index in [2.05, 4.69) is 26.1 Å². The van der Waals surface area contributed by atoms with Gasteiger partial charge in [0, 0.05) is 12.6 Å². The van der Waals surface area contributed by atoms with Gasteiger partial charge < -0.3 is 10.1 Å². The lowest BCUT2D eigenvalue weighted by molar-refractivity contribution is 0.0258. The SMILES string of the molecule is CC(C)(C)C1CCCCC1NCCOC1CCCCC1. The molecule has 0 aliphatic heterocycles. The van der Waals surface area contributed by atoms with Gasteiger partial charge in [0.15, 0.2) is 0 Å². The lowest BCUT2D eigenvalue weighted by Crippen LogP contribution is -2.45. The van der Waals surface area contributed by atoms with Crippen LogP contribution in [0.4, 0.5) is 0 Å². The molecule has 2 rings (SSSR count). The van der Waals surface area contributed by atoms with E-state index in [-0.39, 0.29) is 0 Å². The Morgan fingerprint density at radius 3 is 2.25 bits per heavy atom. The maximum Gasteiger partial charge on any atom is 0.0594 e. The standard InChI is InChI=1S/C18H35NO/c1-18(2,3)16-11-7-8-12-17(16)19-13-14-20-15-9-5-4-6-10-15/h15-17,19H,4-14H2,1-3H3. The summed E-state index contributed by atoms with van der Waals surface area (Å²) in [7, 11) is 0. The highest BCUT2D eigenvalue weighted by Crippen LogP contribution is 2.37. The Morgan fingerprint density at radius 2 is 1.55 bits per heavy atom. The lowest BCUT2D eigenvalue weighted by Gasteiger charge is -2.41. The van der Waals surface area contributed by atoms with Crippen LogP contribution in [0.5, 0.6) is 0 Å². The molecule has 0 aromatic rings. The normalized spacial score (nSPS) is 29.6. The fourth-order valence-corrected chi connectivity index (χ4v) is 4.11. The molecule has 2 heteroatoms. The Balaban J connectivity index is 1.66. The van der Waals surface area contributed by atoms with Gasteiger partial charge in [0.25, 0.3) is 0 Å². The van der Waals surface area contributed by atoms with Gasteiger partial charge in [0.05, 0.1) is 12.7 Å². The summed E-state index contributed by atoms with van der Waals surface area (Å²) in [6, 6.07) is 0.707. The van der Waals surface area contributed by atoms with Crippen molar-refractivity contribution in [2.75, 3.05) is 13.2 Å². The Kier molecular flexibility index (Phi) is 6.35. The predicted octanol–water partition coefficient (Wildman–Crippen LogP) is 4.53. The Hall–Kier alpha value is -0.0800. The highest BCUT2D eigenvalue weighted by molar-refractivity contribution is 4.88. The van der Waals surface area contributed by atoms with E-state index in [9.17, 15) is 0 Å². The van der Waals surface area contributed by atoms with E-state index in [4.69, 9.17) is 4.74 Å². The van der Waals surface area contributed by atoms with Crippen molar-refractivity contribution in [3.63, 3.8) is 0 Å². The highest BCUT2D eigenvalue weighted by Gasteiger charge is 2.33. The minimum Gasteiger partial charge on any atom is -0.377 e. The van der Waals surface area contributed by atoms with E-state index >= 15 is 0 Å². The molecule has 2 nitrogen and oxygen atoms in total. The van der Waals surface area contributed by atoms with Crippen molar-refractivity contribution in [3.05, 3.63) is 0 Å². The fourth-order valence-electron chi connectivity index (χ4n) is 4.11. The summed E-state index contributed by atoms with van der Waals surface area (Å²) in [6.07, 6.45) is 12.8. The van der Waals surface area contributed by atoms with Gasteiger partial charge in [-0.2, -0.15) is 0 Å². The number of hydrogen-bond donors (Lipinski definition) is 1. The van der Waals surface area contributed by atoms with Crippen molar-refractivity contribution in [3.8, 4) is 0 Å². The summed E-state index contributed by atoms with van der Waals surface area (Å²) >= 11 is 0. The molecular weight excluding hydrogens is 246 g/mol. The summed E-state index contributed by atoms with van der Waals surface area (Å²) in [5.41, 5.74) is 0.433. The largest absolute Gasteiger partial charge is 0.377 e. The lowest BCUT2D eigenvalue weighted by atomic mass is 9.69. The molecule has 0 aromatic carbocycles. The molecule has 2 aliphatic rings. The first kappa shape index (κ1) is 16.3. The van der Waals surface area contributed by atoms with E-state index in [1.807, 2.05) is 0 Å². The van der Waals surface area contributed by atoms with Crippen LogP contribution in [0.15, 0.2) is 0 Å². The number of hydrogen-bond acceptors (Lipinski definition) is 2. The predicted molar refractivity (Wildman–Crippen MR) is 86.0 cm³/mol. The fraction of sp³-hybridized carbons (Fsp3) is 1.00. The summed E-state index contributed by atoms with van der Waals surface area (Å²) in [5, 5.41) is 3.79. The molecule has 2 atom stereocenters. The monoisotopic (exact) mass is 281 g/mol. The molecule has 0 aromatic heterocycles. The second-order valence-corrected chi connectivity index (χ2v) is 7.95. The Bertz CT molecular complexity index is 265. The maximum atomic E-state index is 6.03. The summed E-state index contributed by atoms with van der Waals surface area (Å²) in [6.45, 7) is 9.13. The van der Waals surface area contributed by atoms with Crippen LogP contribution < -0.4 is 5.32 Å². The van der Waals surface area contributed by atoms with Crippen molar-refractivity contribution >= 4 is 0 Å². The molecule has 0 heterocycles. The van der Waals surface area contributed by atoms with Crippen LogP contribution in [0.3, 0.4) is 0 Å². The van der Waals surface area contributed by atoms with Gasteiger partial charge in [-0.3, -0.25) is 0 Å². The van der Waals surface area contributed by atoms with Gasteiger partial charge in [-0.15, -0.1) is 0 Å². The molecule has 0 radical (unpaired) electrons. The minimum atomic E-state index is 0.433. The van der Waals surface area contributed by atoms with Gasteiger partial charge in [-0.25, -0.2) is 0 Å². The second-order valence-electron chi connectivity index (χ2n) is 7.95. The van der Waals surface area contributed by atoms with E-state index in [1.54, 1.807) is 0 Å². The molecule has 0 amide bonds. The Labute approximate surface area is 126 Å². The van der Waals surface area contributed by atoms with Crippen LogP contribution in [-0.2, 0) is 4.74 Å². The number of rotatable bonds is 5. The van der Waals surface area contributed by atoms with Crippen LogP contribution >= 0.6 is 0 Å². The third kappa shape index (κ3) is 5.04. The molecular formula is C18H35NO. The first-order valence-corrected chi connectivity index (χ1v) is 8.92. The van der Waals surface area contributed by atoms with Gasteiger partial charge in [-0.05, 0) is 37.0 Å². The molecule has 0 bridgehead atoms. The molecule has 118 valence electrons. The summed E-state index contributed by atoms with van der Waals surface area (Å²) in [4.78, 5) is 0. The van der Waals surface area contributed by atoms with Crippen LogP contribution in [-0.4, -0.2) is 25.3 Å². The molecule has 2 aliphatic carbocycles. The molecule has 2 saturated carbocycles. The van der Waals surface area contributed by atoms with Crippen molar-refractivity contribution < 1.29 is 4.74 Å². The number of nitrogens with one attached hydrogen (secondary N) is 1. The summed E-state index contributed by atoms with van der Waals surface area (Å²) in [5.74, 6) is 0.825. The van der Waals surface area contributed by atoms with Crippen molar-refractivity contribution in [2.24, 2.45) is 11.3 Å². The van der Waals surface area contributed by atoms with Crippen molar-refractivity contribution in [2.45, 2.75) is 90.7 Å². The maximum absolute atomic E-state index is 6.03. The van der Waals surface area contributed by atoms with E-state index in [0.29, 0.717) is 17.6 Å². The zero-order valence-electron chi connectivity index (χ0n) is 13.9. The summed E-state index contributed by atoms with van der Waals surface area (Å²) < 4.78 is 6.03. The smallest absolute Gasteiger partial charge is 0.0594 e. The highest BCUT2D eigenvalue weighted by atomic mass is 16.5. The molecule has 0 saturated heterocycles. The van der Waals surface area contributed by atoms with Crippen LogP contribution in [0.2, 0.25) is 0 Å². The molecule has 20 heavy (non-hydrogen) atoms. The van der Waals surface area contributed by atoms with Crippen LogP contribution in [0.25, 0.3) is 0 Å². The van der Waals surface area contributed by atoms with Gasteiger partial charge in [0.1, 0.15) is 0 Å². The third-order valence-corrected chi connectivity index (χ3v) is 5.29. The van der Waals surface area contributed by atoms with Crippen LogP contribution in [0, 0.1) is 11.3 Å². The average Bonchev–Trinajstić information content (AvgIpc) is 2.44. The first-order valence-electron chi connectivity index (χ1n) is 8.92. The van der Waals surface area contributed by atoms with Crippen molar-refractivity contribution in [1.29, 1.82) is 0 Å². The zero-order valence-corrected chi connectivity index (χ0v) is 13.9. The minimum absolute atomic E-state index is 0.433. The topological polar surface area (TPSA) is 21.3 Å². The van der Waals surface area contributed by atoms with E-state index < -0.39 is 0 Å². The molecule has 2 unspecified atom stereocenters. The second kappa shape index (κ2) is 7.79. The third-order valence-electron chi connectivity index (χ3n) is 5.29. The zero-order chi connectivity index (χ0) is 14.4. The van der Waals surface area contributed by atoms with E-state index in [0.717, 1.165) is 19.1 Å². The van der Waals surface area contributed by atoms with Gasteiger partial charge in [0.2, 0.25) is 0 Å². The van der Waals surface area contributed by atoms with E-state index in [1.165, 1.54) is 57.8 Å². The van der Waals surface area contributed by atoms with Gasteiger partial charge >= 0.3 is 0 Å². The Morgan fingerprint density at radius 1 is 0.900 bits per heavy atom. The van der Waals surface area contributed by atoms with Crippen LogP contribution in [0.1, 0.15) is 78.6 Å². The van der Waals surface area contributed by atoms with Gasteiger partial charge in [-0.1, -0.05) is 52.9 Å².